The largest absolute Gasteiger partial charge is 0.495 e. The molecule has 1 unspecified atom stereocenters. The van der Waals surface area contributed by atoms with E-state index in [0.717, 1.165) is 44.0 Å². The summed E-state index contributed by atoms with van der Waals surface area (Å²) in [5, 5.41) is 7.67. The number of amidine groups is 1. The molecule has 0 radical (unpaired) electrons. The molecule has 0 amide bonds. The Hall–Kier alpha value is -1.75. The van der Waals surface area contributed by atoms with E-state index in [4.69, 9.17) is 15.9 Å². The Labute approximate surface area is 120 Å². The zero-order chi connectivity index (χ0) is 14.5. The Morgan fingerprint density at radius 2 is 1.95 bits per heavy atom. The number of piperazine rings is 1. The standard InChI is InChI=1S/C15H24N4O/c1-3-12(15(16)17)18-8-10-19(11-9-18)13-6-4-5-7-14(13)20-2/h4-7,12H,3,8-11H2,1-2H3,(H3,16,17). The first-order valence-corrected chi connectivity index (χ1v) is 7.13. The number of para-hydroxylation sites is 2. The van der Waals surface area contributed by atoms with Gasteiger partial charge in [0.1, 0.15) is 11.6 Å². The molecule has 1 fully saturated rings. The van der Waals surface area contributed by atoms with Crippen LogP contribution in [0.1, 0.15) is 13.3 Å². The van der Waals surface area contributed by atoms with Crippen LogP contribution in [0.3, 0.4) is 0 Å². The second-order valence-corrected chi connectivity index (χ2v) is 5.07. The predicted octanol–water partition coefficient (Wildman–Crippen LogP) is 1.53. The highest BCUT2D eigenvalue weighted by Gasteiger charge is 2.25. The fourth-order valence-electron chi connectivity index (χ4n) is 2.84. The summed E-state index contributed by atoms with van der Waals surface area (Å²) in [7, 11) is 1.71. The smallest absolute Gasteiger partial charge is 0.142 e. The molecule has 1 saturated heterocycles. The van der Waals surface area contributed by atoms with Crippen molar-refractivity contribution in [2.75, 3.05) is 38.2 Å². The van der Waals surface area contributed by atoms with Crippen LogP contribution in [0.2, 0.25) is 0 Å². The zero-order valence-electron chi connectivity index (χ0n) is 12.3. The molecule has 2 rings (SSSR count). The van der Waals surface area contributed by atoms with Crippen molar-refractivity contribution in [1.82, 2.24) is 4.90 Å². The highest BCUT2D eigenvalue weighted by Crippen LogP contribution is 2.28. The summed E-state index contributed by atoms with van der Waals surface area (Å²) in [5.41, 5.74) is 6.82. The van der Waals surface area contributed by atoms with Gasteiger partial charge < -0.3 is 15.4 Å². The van der Waals surface area contributed by atoms with E-state index in [9.17, 15) is 0 Å². The van der Waals surface area contributed by atoms with Crippen molar-refractivity contribution in [3.05, 3.63) is 24.3 Å². The molecule has 0 saturated carbocycles. The van der Waals surface area contributed by atoms with Crippen LogP contribution in [0.4, 0.5) is 5.69 Å². The lowest BCUT2D eigenvalue weighted by Crippen LogP contribution is -2.53. The molecule has 5 nitrogen and oxygen atoms in total. The Kier molecular flexibility index (Phi) is 4.84. The Morgan fingerprint density at radius 1 is 1.30 bits per heavy atom. The van der Waals surface area contributed by atoms with Gasteiger partial charge in [-0.1, -0.05) is 19.1 Å². The van der Waals surface area contributed by atoms with Gasteiger partial charge in [-0.25, -0.2) is 0 Å². The van der Waals surface area contributed by atoms with Crippen LogP contribution in [0.25, 0.3) is 0 Å². The maximum absolute atomic E-state index is 7.67. The van der Waals surface area contributed by atoms with E-state index >= 15 is 0 Å². The number of rotatable bonds is 5. The number of nitrogens with two attached hydrogens (primary N) is 1. The average Bonchev–Trinajstić information content (AvgIpc) is 2.48. The lowest BCUT2D eigenvalue weighted by atomic mass is 10.1. The van der Waals surface area contributed by atoms with E-state index in [0.29, 0.717) is 0 Å². The molecule has 5 heteroatoms. The highest BCUT2D eigenvalue weighted by atomic mass is 16.5. The van der Waals surface area contributed by atoms with Crippen LogP contribution < -0.4 is 15.4 Å². The number of nitrogens with zero attached hydrogens (tertiary/aromatic N) is 2. The third kappa shape index (κ3) is 3.04. The number of hydrogen-bond donors (Lipinski definition) is 2. The fraction of sp³-hybridized carbons (Fsp3) is 0.533. The summed E-state index contributed by atoms with van der Waals surface area (Å²) >= 11 is 0. The average molecular weight is 276 g/mol. The zero-order valence-corrected chi connectivity index (χ0v) is 12.3. The number of ether oxygens (including phenoxy) is 1. The van der Waals surface area contributed by atoms with Gasteiger partial charge in [-0.15, -0.1) is 0 Å². The van der Waals surface area contributed by atoms with Crippen molar-refractivity contribution in [1.29, 1.82) is 5.41 Å². The van der Waals surface area contributed by atoms with E-state index in [1.807, 2.05) is 18.2 Å². The third-order valence-electron chi connectivity index (χ3n) is 3.93. The molecule has 1 aromatic rings. The van der Waals surface area contributed by atoms with Gasteiger partial charge in [0, 0.05) is 26.2 Å². The molecule has 1 aromatic carbocycles. The maximum Gasteiger partial charge on any atom is 0.142 e. The predicted molar refractivity (Wildman–Crippen MR) is 82.8 cm³/mol. The summed E-state index contributed by atoms with van der Waals surface area (Å²) in [6, 6.07) is 8.19. The summed E-state index contributed by atoms with van der Waals surface area (Å²) < 4.78 is 5.42. The molecule has 0 bridgehead atoms. The third-order valence-corrected chi connectivity index (χ3v) is 3.93. The van der Waals surface area contributed by atoms with Crippen molar-refractivity contribution < 1.29 is 4.74 Å². The lowest BCUT2D eigenvalue weighted by molar-refractivity contribution is 0.221. The summed E-state index contributed by atoms with van der Waals surface area (Å²) in [5.74, 6) is 1.19. The van der Waals surface area contributed by atoms with Crippen molar-refractivity contribution >= 4 is 11.5 Å². The molecule has 1 atom stereocenters. The summed E-state index contributed by atoms with van der Waals surface area (Å²) in [4.78, 5) is 4.64. The molecule has 0 aromatic heterocycles. The Morgan fingerprint density at radius 3 is 2.50 bits per heavy atom. The second kappa shape index (κ2) is 6.61. The van der Waals surface area contributed by atoms with Gasteiger partial charge in [-0.3, -0.25) is 10.3 Å². The van der Waals surface area contributed by atoms with Crippen molar-refractivity contribution in [3.8, 4) is 5.75 Å². The van der Waals surface area contributed by atoms with E-state index in [1.54, 1.807) is 7.11 Å². The van der Waals surface area contributed by atoms with Crippen LogP contribution >= 0.6 is 0 Å². The molecular weight excluding hydrogens is 252 g/mol. The number of anilines is 1. The van der Waals surface area contributed by atoms with E-state index in [2.05, 4.69) is 22.8 Å². The minimum Gasteiger partial charge on any atom is -0.495 e. The van der Waals surface area contributed by atoms with Crippen LogP contribution in [-0.2, 0) is 0 Å². The lowest BCUT2D eigenvalue weighted by Gasteiger charge is -2.39. The van der Waals surface area contributed by atoms with Gasteiger partial charge in [0.25, 0.3) is 0 Å². The molecule has 3 N–H and O–H groups in total. The van der Waals surface area contributed by atoms with Crippen LogP contribution in [0, 0.1) is 5.41 Å². The first-order valence-electron chi connectivity index (χ1n) is 7.13. The number of nitrogens with one attached hydrogen (secondary N) is 1. The van der Waals surface area contributed by atoms with Gasteiger partial charge in [-0.05, 0) is 18.6 Å². The van der Waals surface area contributed by atoms with Gasteiger partial charge in [0.2, 0.25) is 0 Å². The second-order valence-electron chi connectivity index (χ2n) is 5.07. The van der Waals surface area contributed by atoms with Gasteiger partial charge in [-0.2, -0.15) is 0 Å². The fourth-order valence-corrected chi connectivity index (χ4v) is 2.84. The van der Waals surface area contributed by atoms with Crippen LogP contribution in [-0.4, -0.2) is 50.1 Å². The summed E-state index contributed by atoms with van der Waals surface area (Å²) in [6.45, 7) is 5.80. The number of benzene rings is 1. The van der Waals surface area contributed by atoms with Gasteiger partial charge in [0.15, 0.2) is 0 Å². The van der Waals surface area contributed by atoms with Crippen LogP contribution in [0.15, 0.2) is 24.3 Å². The molecule has 1 heterocycles. The first kappa shape index (κ1) is 14.7. The van der Waals surface area contributed by atoms with Crippen molar-refractivity contribution in [3.63, 3.8) is 0 Å². The molecular formula is C15H24N4O. The minimum atomic E-state index is 0.0785. The van der Waals surface area contributed by atoms with E-state index < -0.39 is 0 Å². The number of methoxy groups -OCH3 is 1. The molecule has 0 spiro atoms. The SMILES string of the molecule is CCC(C(=N)N)N1CCN(c2ccccc2OC)CC1. The Bertz CT molecular complexity index is 455. The molecule has 0 aliphatic carbocycles. The minimum absolute atomic E-state index is 0.0785. The summed E-state index contributed by atoms with van der Waals surface area (Å²) in [6.07, 6.45) is 0.893. The molecule has 1 aliphatic heterocycles. The normalized spacial score (nSPS) is 17.8. The molecule has 110 valence electrons. The monoisotopic (exact) mass is 276 g/mol. The van der Waals surface area contributed by atoms with Gasteiger partial charge >= 0.3 is 0 Å². The molecule has 20 heavy (non-hydrogen) atoms. The van der Waals surface area contributed by atoms with Crippen LogP contribution in [0.5, 0.6) is 5.75 Å². The first-order chi connectivity index (χ1) is 9.67. The van der Waals surface area contributed by atoms with E-state index in [-0.39, 0.29) is 11.9 Å². The van der Waals surface area contributed by atoms with Crippen molar-refractivity contribution in [2.45, 2.75) is 19.4 Å². The quantitative estimate of drug-likeness (QED) is 0.632. The van der Waals surface area contributed by atoms with Gasteiger partial charge in [0.05, 0.1) is 18.8 Å². The Balaban J connectivity index is 2.02. The van der Waals surface area contributed by atoms with Crippen molar-refractivity contribution in [2.24, 2.45) is 5.73 Å². The highest BCUT2D eigenvalue weighted by molar-refractivity contribution is 5.82. The topological polar surface area (TPSA) is 65.6 Å². The molecule has 1 aliphatic rings. The van der Waals surface area contributed by atoms with E-state index in [1.165, 1.54) is 0 Å². The maximum atomic E-state index is 7.67. The number of hydrogen-bond acceptors (Lipinski definition) is 4.